The van der Waals surface area contributed by atoms with Gasteiger partial charge in [0.25, 0.3) is 0 Å². The highest BCUT2D eigenvalue weighted by Crippen LogP contribution is 2.28. The van der Waals surface area contributed by atoms with E-state index < -0.39 is 6.09 Å². The fourth-order valence-corrected chi connectivity index (χ4v) is 2.82. The topological polar surface area (TPSA) is 109 Å². The van der Waals surface area contributed by atoms with Crippen LogP contribution in [-0.4, -0.2) is 36.0 Å². The summed E-state index contributed by atoms with van der Waals surface area (Å²) in [5.74, 6) is -0.408. The second-order valence-electron chi connectivity index (χ2n) is 4.83. The van der Waals surface area contributed by atoms with Crippen LogP contribution < -0.4 is 16.0 Å². The first-order valence-electron chi connectivity index (χ1n) is 7.36. The van der Waals surface area contributed by atoms with Gasteiger partial charge >= 0.3 is 6.09 Å². The Labute approximate surface area is 142 Å². The predicted octanol–water partition coefficient (Wildman–Crippen LogP) is 2.33. The van der Waals surface area contributed by atoms with Crippen LogP contribution in [0.1, 0.15) is 20.3 Å². The molecule has 0 aliphatic carbocycles. The smallest absolute Gasteiger partial charge is 0.407 e. The first-order chi connectivity index (χ1) is 11.5. The van der Waals surface area contributed by atoms with Gasteiger partial charge in [-0.05, 0) is 25.1 Å². The van der Waals surface area contributed by atoms with Crippen molar-refractivity contribution in [1.29, 1.82) is 0 Å². The molecule has 1 heterocycles. The van der Waals surface area contributed by atoms with Crippen LogP contribution in [0, 0.1) is 0 Å². The molecule has 128 valence electrons. The Kier molecular flexibility index (Phi) is 6.07. The normalized spacial score (nSPS) is 10.2. The van der Waals surface area contributed by atoms with Crippen molar-refractivity contribution in [3.8, 4) is 0 Å². The molecule has 2 rings (SSSR count). The molecule has 1 aromatic heterocycles. The maximum absolute atomic E-state index is 11.8. The number of alkyl carbamates (subject to hydrolysis) is 1. The van der Waals surface area contributed by atoms with Gasteiger partial charge in [0.1, 0.15) is 0 Å². The van der Waals surface area contributed by atoms with Crippen molar-refractivity contribution in [2.75, 3.05) is 23.8 Å². The standard InChI is InChI=1S/C15H18N4O4S/c1-3-23-15(22)16-7-6-13(21)19-14-18-11-5-4-10(17-9(2)20)8-12(11)24-14/h4-5,8H,3,6-7H2,1-2H3,(H,16,22)(H,17,20)(H,18,19,21). The molecule has 0 fully saturated rings. The van der Waals surface area contributed by atoms with E-state index in [0.29, 0.717) is 10.8 Å². The Hall–Kier alpha value is -2.68. The molecular weight excluding hydrogens is 332 g/mol. The number of hydrogen-bond acceptors (Lipinski definition) is 6. The number of anilines is 2. The molecule has 2 aromatic rings. The molecule has 0 bridgehead atoms. The third kappa shape index (κ3) is 5.20. The second-order valence-corrected chi connectivity index (χ2v) is 5.86. The van der Waals surface area contributed by atoms with Crippen LogP contribution >= 0.6 is 11.3 Å². The van der Waals surface area contributed by atoms with Crippen LogP contribution in [0.2, 0.25) is 0 Å². The lowest BCUT2D eigenvalue weighted by Gasteiger charge is -2.04. The Bertz CT molecular complexity index is 759. The van der Waals surface area contributed by atoms with E-state index in [9.17, 15) is 14.4 Å². The molecule has 0 spiro atoms. The van der Waals surface area contributed by atoms with Crippen LogP contribution in [-0.2, 0) is 14.3 Å². The van der Waals surface area contributed by atoms with E-state index >= 15 is 0 Å². The van der Waals surface area contributed by atoms with Gasteiger partial charge in [0.05, 0.1) is 16.8 Å². The zero-order valence-corrected chi connectivity index (χ0v) is 14.2. The molecule has 24 heavy (non-hydrogen) atoms. The average Bonchev–Trinajstić information content (AvgIpc) is 2.88. The molecule has 0 radical (unpaired) electrons. The molecule has 0 aliphatic heterocycles. The number of nitrogens with zero attached hydrogens (tertiary/aromatic N) is 1. The molecule has 1 aromatic carbocycles. The van der Waals surface area contributed by atoms with Gasteiger partial charge in [0.2, 0.25) is 11.8 Å². The monoisotopic (exact) mass is 350 g/mol. The third-order valence-corrected chi connectivity index (χ3v) is 3.79. The molecule has 3 amide bonds. The molecule has 8 nitrogen and oxygen atoms in total. The molecule has 0 atom stereocenters. The number of ether oxygens (including phenoxy) is 1. The summed E-state index contributed by atoms with van der Waals surface area (Å²) < 4.78 is 5.55. The Morgan fingerprint density at radius 1 is 1.25 bits per heavy atom. The largest absolute Gasteiger partial charge is 0.450 e. The fourth-order valence-electron chi connectivity index (χ4n) is 1.90. The predicted molar refractivity (Wildman–Crippen MR) is 92.2 cm³/mol. The van der Waals surface area contributed by atoms with Gasteiger partial charge in [-0.2, -0.15) is 0 Å². The SMILES string of the molecule is CCOC(=O)NCCC(=O)Nc1nc2ccc(NC(C)=O)cc2s1. The molecule has 0 saturated heterocycles. The van der Waals surface area contributed by atoms with E-state index in [1.54, 1.807) is 25.1 Å². The van der Waals surface area contributed by atoms with E-state index in [2.05, 4.69) is 20.9 Å². The third-order valence-electron chi connectivity index (χ3n) is 2.85. The zero-order chi connectivity index (χ0) is 17.5. The summed E-state index contributed by atoms with van der Waals surface area (Å²) in [7, 11) is 0. The van der Waals surface area contributed by atoms with Gasteiger partial charge in [-0.25, -0.2) is 9.78 Å². The average molecular weight is 350 g/mol. The van der Waals surface area contributed by atoms with Crippen molar-refractivity contribution in [1.82, 2.24) is 10.3 Å². The highest BCUT2D eigenvalue weighted by Gasteiger charge is 2.09. The maximum atomic E-state index is 11.8. The molecule has 0 unspecified atom stereocenters. The lowest BCUT2D eigenvalue weighted by molar-refractivity contribution is -0.116. The van der Waals surface area contributed by atoms with E-state index in [1.165, 1.54) is 18.3 Å². The van der Waals surface area contributed by atoms with Crippen molar-refractivity contribution in [2.45, 2.75) is 20.3 Å². The molecule has 0 saturated carbocycles. The fraction of sp³-hybridized carbons (Fsp3) is 0.333. The van der Waals surface area contributed by atoms with Gasteiger partial charge in [-0.1, -0.05) is 11.3 Å². The van der Waals surface area contributed by atoms with Gasteiger partial charge in [-0.3, -0.25) is 9.59 Å². The summed E-state index contributed by atoms with van der Waals surface area (Å²) in [5, 5.41) is 8.32. The molecule has 3 N–H and O–H groups in total. The van der Waals surface area contributed by atoms with Crippen molar-refractivity contribution in [3.05, 3.63) is 18.2 Å². The van der Waals surface area contributed by atoms with E-state index in [4.69, 9.17) is 4.74 Å². The number of thiazole rings is 1. The number of benzene rings is 1. The van der Waals surface area contributed by atoms with E-state index in [0.717, 1.165) is 10.2 Å². The van der Waals surface area contributed by atoms with Crippen LogP contribution in [0.25, 0.3) is 10.2 Å². The first kappa shape index (κ1) is 17.7. The highest BCUT2D eigenvalue weighted by molar-refractivity contribution is 7.22. The summed E-state index contributed by atoms with van der Waals surface area (Å²) in [6.45, 7) is 3.61. The van der Waals surface area contributed by atoms with Crippen LogP contribution in [0.3, 0.4) is 0 Å². The lowest BCUT2D eigenvalue weighted by Crippen LogP contribution is -2.28. The maximum Gasteiger partial charge on any atom is 0.407 e. The minimum atomic E-state index is -0.546. The summed E-state index contributed by atoms with van der Waals surface area (Å²) in [6, 6.07) is 5.32. The summed E-state index contributed by atoms with van der Waals surface area (Å²) in [6.07, 6.45) is -0.429. The Balaban J connectivity index is 1.91. The summed E-state index contributed by atoms with van der Waals surface area (Å²) in [5.41, 5.74) is 1.41. The van der Waals surface area contributed by atoms with Crippen molar-refractivity contribution < 1.29 is 19.1 Å². The first-order valence-corrected chi connectivity index (χ1v) is 8.18. The number of fused-ring (bicyclic) bond motifs is 1. The lowest BCUT2D eigenvalue weighted by atomic mass is 10.3. The summed E-state index contributed by atoms with van der Waals surface area (Å²) >= 11 is 1.31. The van der Waals surface area contributed by atoms with Gasteiger partial charge < -0.3 is 20.7 Å². The molecule has 9 heteroatoms. The number of rotatable bonds is 6. The van der Waals surface area contributed by atoms with Gasteiger partial charge in [0, 0.05) is 25.6 Å². The van der Waals surface area contributed by atoms with Crippen LogP contribution in [0.4, 0.5) is 15.6 Å². The number of aromatic nitrogens is 1. The number of hydrogen-bond donors (Lipinski definition) is 3. The van der Waals surface area contributed by atoms with Crippen molar-refractivity contribution in [3.63, 3.8) is 0 Å². The minimum absolute atomic E-state index is 0.117. The number of amides is 3. The van der Waals surface area contributed by atoms with E-state index in [1.807, 2.05) is 0 Å². The van der Waals surface area contributed by atoms with Gasteiger partial charge in [-0.15, -0.1) is 0 Å². The van der Waals surface area contributed by atoms with Crippen molar-refractivity contribution >= 4 is 50.3 Å². The molecule has 0 aliphatic rings. The Morgan fingerprint density at radius 2 is 2.04 bits per heavy atom. The van der Waals surface area contributed by atoms with E-state index in [-0.39, 0.29) is 31.4 Å². The number of carbonyl (C=O) groups excluding carboxylic acids is 3. The minimum Gasteiger partial charge on any atom is -0.450 e. The van der Waals surface area contributed by atoms with Gasteiger partial charge in [0.15, 0.2) is 5.13 Å². The van der Waals surface area contributed by atoms with Crippen LogP contribution in [0.5, 0.6) is 0 Å². The summed E-state index contributed by atoms with van der Waals surface area (Å²) in [4.78, 5) is 38.3. The Morgan fingerprint density at radius 3 is 2.75 bits per heavy atom. The second kappa shape index (κ2) is 8.25. The van der Waals surface area contributed by atoms with Crippen molar-refractivity contribution in [2.24, 2.45) is 0 Å². The van der Waals surface area contributed by atoms with Crippen LogP contribution in [0.15, 0.2) is 18.2 Å². The highest BCUT2D eigenvalue weighted by atomic mass is 32.1. The number of carbonyl (C=O) groups is 3. The molecular formula is C15H18N4O4S. The zero-order valence-electron chi connectivity index (χ0n) is 13.3. The number of nitrogens with one attached hydrogen (secondary N) is 3. The quantitative estimate of drug-likeness (QED) is 0.741.